The molecule has 2 aromatic rings. The van der Waals surface area contributed by atoms with Gasteiger partial charge >= 0.3 is 0 Å². The van der Waals surface area contributed by atoms with Crippen molar-refractivity contribution in [2.45, 2.75) is 12.5 Å². The van der Waals surface area contributed by atoms with Crippen molar-refractivity contribution in [1.29, 1.82) is 0 Å². The molecule has 3 N–H and O–H groups in total. The predicted octanol–water partition coefficient (Wildman–Crippen LogP) is 2.53. The molecule has 0 bridgehead atoms. The number of imidazole rings is 1. The van der Waals surface area contributed by atoms with Crippen LogP contribution in [0.25, 0.3) is 0 Å². The van der Waals surface area contributed by atoms with Gasteiger partial charge in [0.2, 0.25) is 0 Å². The molecule has 1 aromatic heterocycles. The molecule has 0 aliphatic heterocycles. The van der Waals surface area contributed by atoms with Gasteiger partial charge in [0, 0.05) is 33.9 Å². The van der Waals surface area contributed by atoms with Gasteiger partial charge in [0.05, 0.1) is 6.04 Å². The quantitative estimate of drug-likeness (QED) is 0.454. The van der Waals surface area contributed by atoms with E-state index in [0.717, 1.165) is 22.3 Å². The Kier molecular flexibility index (Phi) is 4.77. The molecule has 0 saturated heterocycles. The number of hydrazine groups is 1. The Morgan fingerprint density at radius 3 is 2.94 bits per heavy atom. The van der Waals surface area contributed by atoms with Crippen LogP contribution in [0.4, 0.5) is 0 Å². The van der Waals surface area contributed by atoms with Crippen LogP contribution in [0.5, 0.6) is 0 Å². The zero-order valence-electron chi connectivity index (χ0n) is 9.90. The van der Waals surface area contributed by atoms with Crippen molar-refractivity contribution in [2.24, 2.45) is 12.9 Å². The second kappa shape index (κ2) is 6.14. The summed E-state index contributed by atoms with van der Waals surface area (Å²) in [6.45, 7) is 0. The van der Waals surface area contributed by atoms with Crippen LogP contribution in [0.2, 0.25) is 0 Å². The van der Waals surface area contributed by atoms with E-state index in [4.69, 9.17) is 5.84 Å². The Labute approximate surface area is 128 Å². The highest BCUT2D eigenvalue weighted by Gasteiger charge is 2.16. The molecule has 1 atom stereocenters. The van der Waals surface area contributed by atoms with E-state index in [0.29, 0.717) is 0 Å². The summed E-state index contributed by atoms with van der Waals surface area (Å²) < 4.78 is 4.25. The maximum absolute atomic E-state index is 5.68. The molecule has 0 spiro atoms. The average molecular weight is 421 g/mol. The molecule has 0 aliphatic rings. The molecule has 0 amide bonds. The zero-order valence-corrected chi connectivity index (χ0v) is 13.6. The predicted molar refractivity (Wildman–Crippen MR) is 83.8 cm³/mol. The number of nitrogens with zero attached hydrogens (tertiary/aromatic N) is 2. The molecule has 4 nitrogen and oxygen atoms in total. The summed E-state index contributed by atoms with van der Waals surface area (Å²) in [4.78, 5) is 4.33. The summed E-state index contributed by atoms with van der Waals surface area (Å²) in [7, 11) is 1.99. The number of nitrogens with two attached hydrogens (primary N) is 1. The molecule has 1 unspecified atom stereocenters. The maximum Gasteiger partial charge on any atom is 0.110 e. The molecule has 0 fully saturated rings. The minimum Gasteiger partial charge on any atom is -0.338 e. The molecule has 2 rings (SSSR count). The molecular weight excluding hydrogens is 407 g/mol. The summed E-state index contributed by atoms with van der Waals surface area (Å²) in [5.74, 6) is 6.68. The SMILES string of the molecule is Cn1ccnc1CC(NN)c1cc(I)ccc1Br. The van der Waals surface area contributed by atoms with Gasteiger partial charge in [-0.2, -0.15) is 0 Å². The molecule has 1 aromatic carbocycles. The standard InChI is InChI=1S/C12H14BrIN4/c1-18-5-4-16-12(18)7-11(17-15)9-6-8(14)2-3-10(9)13/h2-6,11,17H,7,15H2,1H3. The molecule has 18 heavy (non-hydrogen) atoms. The Balaban J connectivity index is 2.28. The fourth-order valence-electron chi connectivity index (χ4n) is 1.82. The Bertz CT molecular complexity index is 541. The largest absolute Gasteiger partial charge is 0.338 e. The van der Waals surface area contributed by atoms with Crippen molar-refractivity contribution < 1.29 is 0 Å². The first-order valence-corrected chi connectivity index (χ1v) is 7.36. The van der Waals surface area contributed by atoms with Gasteiger partial charge in [0.15, 0.2) is 0 Å². The Morgan fingerprint density at radius 2 is 2.33 bits per heavy atom. The van der Waals surface area contributed by atoms with E-state index in [-0.39, 0.29) is 6.04 Å². The third-order valence-corrected chi connectivity index (χ3v) is 4.24. The summed E-state index contributed by atoms with van der Waals surface area (Å²) in [6, 6.07) is 6.26. The number of aryl methyl sites for hydroxylation is 1. The van der Waals surface area contributed by atoms with Crippen LogP contribution < -0.4 is 11.3 Å². The van der Waals surface area contributed by atoms with Crippen LogP contribution in [-0.4, -0.2) is 9.55 Å². The van der Waals surface area contributed by atoms with E-state index in [1.54, 1.807) is 6.20 Å². The lowest BCUT2D eigenvalue weighted by Crippen LogP contribution is -2.30. The fourth-order valence-corrected chi connectivity index (χ4v) is 2.85. The molecule has 0 radical (unpaired) electrons. The van der Waals surface area contributed by atoms with Crippen molar-refractivity contribution in [3.63, 3.8) is 0 Å². The van der Waals surface area contributed by atoms with Crippen LogP contribution in [-0.2, 0) is 13.5 Å². The average Bonchev–Trinajstić information content (AvgIpc) is 2.75. The lowest BCUT2D eigenvalue weighted by molar-refractivity contribution is 0.528. The number of hydrogen-bond donors (Lipinski definition) is 2. The topological polar surface area (TPSA) is 55.9 Å². The van der Waals surface area contributed by atoms with Crippen molar-refractivity contribution in [1.82, 2.24) is 15.0 Å². The first-order valence-electron chi connectivity index (χ1n) is 5.49. The molecule has 96 valence electrons. The molecule has 1 heterocycles. The Hall–Kier alpha value is -0.440. The lowest BCUT2D eigenvalue weighted by atomic mass is 10.0. The van der Waals surface area contributed by atoms with E-state index in [1.165, 1.54) is 3.57 Å². The van der Waals surface area contributed by atoms with Gasteiger partial charge in [-0.05, 0) is 46.4 Å². The van der Waals surface area contributed by atoms with Gasteiger partial charge in [-0.25, -0.2) is 4.98 Å². The molecule has 0 aliphatic carbocycles. The van der Waals surface area contributed by atoms with Crippen molar-refractivity contribution in [3.8, 4) is 0 Å². The molecule has 0 saturated carbocycles. The third-order valence-electron chi connectivity index (χ3n) is 2.84. The van der Waals surface area contributed by atoms with Gasteiger partial charge < -0.3 is 4.57 Å². The van der Waals surface area contributed by atoms with E-state index in [9.17, 15) is 0 Å². The van der Waals surface area contributed by atoms with Crippen LogP contribution in [0.3, 0.4) is 0 Å². The highest BCUT2D eigenvalue weighted by molar-refractivity contribution is 14.1. The molecule has 6 heteroatoms. The number of benzene rings is 1. The van der Waals surface area contributed by atoms with Crippen molar-refractivity contribution in [2.75, 3.05) is 0 Å². The van der Waals surface area contributed by atoms with Crippen LogP contribution in [0, 0.1) is 3.57 Å². The lowest BCUT2D eigenvalue weighted by Gasteiger charge is -2.18. The normalized spacial score (nSPS) is 12.7. The maximum atomic E-state index is 5.68. The smallest absolute Gasteiger partial charge is 0.110 e. The van der Waals surface area contributed by atoms with Crippen molar-refractivity contribution >= 4 is 38.5 Å². The monoisotopic (exact) mass is 420 g/mol. The van der Waals surface area contributed by atoms with E-state index < -0.39 is 0 Å². The first kappa shape index (κ1) is 14.0. The molecular formula is C12H14BrIN4. The second-order valence-electron chi connectivity index (χ2n) is 4.04. The number of nitrogens with one attached hydrogen (secondary N) is 1. The van der Waals surface area contributed by atoms with Crippen LogP contribution in [0.1, 0.15) is 17.4 Å². The first-order chi connectivity index (χ1) is 8.61. The van der Waals surface area contributed by atoms with Gasteiger partial charge in [0.1, 0.15) is 5.82 Å². The summed E-state index contributed by atoms with van der Waals surface area (Å²) in [5, 5.41) is 0. The fraction of sp³-hybridized carbons (Fsp3) is 0.250. The van der Waals surface area contributed by atoms with Crippen molar-refractivity contribution in [3.05, 3.63) is 50.0 Å². The highest BCUT2D eigenvalue weighted by Crippen LogP contribution is 2.27. The summed E-state index contributed by atoms with van der Waals surface area (Å²) in [6.07, 6.45) is 4.48. The van der Waals surface area contributed by atoms with E-state index in [2.05, 4.69) is 61.1 Å². The summed E-state index contributed by atoms with van der Waals surface area (Å²) in [5.41, 5.74) is 4.01. The summed E-state index contributed by atoms with van der Waals surface area (Å²) >= 11 is 5.87. The second-order valence-corrected chi connectivity index (χ2v) is 6.14. The van der Waals surface area contributed by atoms with Crippen LogP contribution >= 0.6 is 38.5 Å². The number of hydrogen-bond acceptors (Lipinski definition) is 3. The third kappa shape index (κ3) is 3.11. The minimum atomic E-state index is 0.0372. The minimum absolute atomic E-state index is 0.0372. The number of aromatic nitrogens is 2. The van der Waals surface area contributed by atoms with E-state index >= 15 is 0 Å². The van der Waals surface area contributed by atoms with Gasteiger partial charge in [0.25, 0.3) is 0 Å². The number of halogens is 2. The highest BCUT2D eigenvalue weighted by atomic mass is 127. The Morgan fingerprint density at radius 1 is 1.56 bits per heavy atom. The zero-order chi connectivity index (χ0) is 13.1. The van der Waals surface area contributed by atoms with Gasteiger partial charge in [-0.1, -0.05) is 15.9 Å². The van der Waals surface area contributed by atoms with E-state index in [1.807, 2.05) is 23.9 Å². The van der Waals surface area contributed by atoms with Gasteiger partial charge in [-0.15, -0.1) is 0 Å². The van der Waals surface area contributed by atoms with Gasteiger partial charge in [-0.3, -0.25) is 11.3 Å². The van der Waals surface area contributed by atoms with Crippen LogP contribution in [0.15, 0.2) is 35.1 Å². The number of rotatable bonds is 4.